The topological polar surface area (TPSA) is 53.4 Å². The quantitative estimate of drug-likeness (QED) is 0.830. The van der Waals surface area contributed by atoms with E-state index in [0.29, 0.717) is 5.92 Å². The van der Waals surface area contributed by atoms with Crippen LogP contribution in [0.2, 0.25) is 0 Å². The summed E-state index contributed by atoms with van der Waals surface area (Å²) in [5, 5.41) is 10.6. The van der Waals surface area contributed by atoms with Crippen molar-refractivity contribution in [2.24, 2.45) is 0 Å². The zero-order valence-corrected chi connectivity index (χ0v) is 14.5. The van der Waals surface area contributed by atoms with Crippen LogP contribution >= 0.6 is 27.3 Å². The van der Waals surface area contributed by atoms with Gasteiger partial charge in [0.1, 0.15) is 0 Å². The Balaban J connectivity index is 2.01. The Labute approximate surface area is 132 Å². The number of hydrogen-bond donors (Lipinski definition) is 1. The molecule has 4 nitrogen and oxygen atoms in total. The summed E-state index contributed by atoms with van der Waals surface area (Å²) in [5.41, 5.74) is -0.340. The van der Waals surface area contributed by atoms with Crippen molar-refractivity contribution in [3.63, 3.8) is 0 Å². The summed E-state index contributed by atoms with van der Waals surface area (Å²) in [4.78, 5) is 17.6. The van der Waals surface area contributed by atoms with Gasteiger partial charge >= 0.3 is 6.09 Å². The Morgan fingerprint density at radius 1 is 1.40 bits per heavy atom. The summed E-state index contributed by atoms with van der Waals surface area (Å²) in [7, 11) is 0. The average Bonchev–Trinajstić information content (AvgIpc) is 2.74. The molecule has 1 aromatic rings. The number of hydrogen-bond acceptors (Lipinski definition) is 3. The van der Waals surface area contributed by atoms with Crippen LogP contribution in [0, 0.1) is 0 Å². The van der Waals surface area contributed by atoms with Crippen LogP contribution in [-0.2, 0) is 0 Å². The van der Waals surface area contributed by atoms with E-state index in [1.165, 1.54) is 5.01 Å². The highest BCUT2D eigenvalue weighted by Gasteiger charge is 2.36. The molecule has 0 radical (unpaired) electrons. The SMILES string of the molecule is CC(C)(C)N(C(=O)O)[C@H]1CC[C@H](c2ncc(Br)s2)CC1. The van der Waals surface area contributed by atoms with E-state index in [1.54, 1.807) is 16.2 Å². The lowest BCUT2D eigenvalue weighted by Crippen LogP contribution is -2.52. The number of nitrogens with zero attached hydrogens (tertiary/aromatic N) is 2. The highest BCUT2D eigenvalue weighted by Crippen LogP contribution is 2.38. The highest BCUT2D eigenvalue weighted by atomic mass is 79.9. The Kier molecular flexibility index (Phi) is 4.74. The van der Waals surface area contributed by atoms with Crippen LogP contribution in [0.1, 0.15) is 57.4 Å². The average molecular weight is 361 g/mol. The fourth-order valence-electron chi connectivity index (χ4n) is 3.03. The molecule has 1 heterocycles. The molecule has 20 heavy (non-hydrogen) atoms. The first-order valence-corrected chi connectivity index (χ1v) is 8.53. The maximum Gasteiger partial charge on any atom is 0.407 e. The van der Waals surface area contributed by atoms with E-state index in [-0.39, 0.29) is 11.6 Å². The van der Waals surface area contributed by atoms with Gasteiger partial charge in [0.15, 0.2) is 0 Å². The third-order valence-electron chi connectivity index (χ3n) is 3.84. The molecule has 2 rings (SSSR count). The number of aromatic nitrogens is 1. The molecule has 1 saturated carbocycles. The molecule has 6 heteroatoms. The summed E-state index contributed by atoms with van der Waals surface area (Å²) in [6.45, 7) is 5.89. The molecule has 0 atom stereocenters. The molecule has 0 saturated heterocycles. The molecule has 0 aromatic carbocycles. The zero-order chi connectivity index (χ0) is 14.9. The molecular weight excluding hydrogens is 340 g/mol. The summed E-state index contributed by atoms with van der Waals surface area (Å²) in [6, 6.07) is 0.132. The predicted octanol–water partition coefficient (Wildman–Crippen LogP) is 4.71. The minimum atomic E-state index is -0.807. The van der Waals surface area contributed by atoms with Crippen molar-refractivity contribution in [1.29, 1.82) is 0 Å². The number of carboxylic acid groups (broad SMARTS) is 1. The maximum absolute atomic E-state index is 11.5. The number of amides is 1. The van der Waals surface area contributed by atoms with Crippen LogP contribution < -0.4 is 0 Å². The van der Waals surface area contributed by atoms with Gasteiger partial charge in [-0.1, -0.05) is 0 Å². The number of thiazole rings is 1. The largest absolute Gasteiger partial charge is 0.465 e. The fraction of sp³-hybridized carbons (Fsp3) is 0.714. The molecule has 1 aliphatic carbocycles. The second-order valence-corrected chi connectivity index (χ2v) is 8.77. The van der Waals surface area contributed by atoms with Gasteiger partial charge in [-0.15, -0.1) is 11.3 Å². The van der Waals surface area contributed by atoms with Gasteiger partial charge in [0, 0.05) is 17.5 Å². The summed E-state index contributed by atoms with van der Waals surface area (Å²) < 4.78 is 1.07. The standard InChI is InChI=1S/C14H21BrN2O2S/c1-14(2,3)17(13(18)19)10-6-4-9(5-7-10)12-16-8-11(15)20-12/h8-10H,4-7H2,1-3H3,(H,18,19)/t9-,10-. The third kappa shape index (κ3) is 3.52. The first-order valence-electron chi connectivity index (χ1n) is 6.92. The second-order valence-electron chi connectivity index (χ2n) is 6.33. The lowest BCUT2D eigenvalue weighted by molar-refractivity contribution is 0.0546. The van der Waals surface area contributed by atoms with E-state index in [9.17, 15) is 9.90 Å². The first-order chi connectivity index (χ1) is 9.29. The van der Waals surface area contributed by atoms with Gasteiger partial charge in [-0.2, -0.15) is 0 Å². The van der Waals surface area contributed by atoms with Crippen molar-refractivity contribution in [3.05, 3.63) is 15.0 Å². The van der Waals surface area contributed by atoms with E-state index < -0.39 is 6.09 Å². The van der Waals surface area contributed by atoms with E-state index in [4.69, 9.17) is 0 Å². The Morgan fingerprint density at radius 2 is 2.00 bits per heavy atom. The van der Waals surface area contributed by atoms with Gasteiger partial charge in [0.05, 0.1) is 15.0 Å². The molecule has 0 bridgehead atoms. The molecule has 0 aliphatic heterocycles. The van der Waals surface area contributed by atoms with E-state index in [2.05, 4.69) is 20.9 Å². The smallest absolute Gasteiger partial charge is 0.407 e. The molecule has 1 N–H and O–H groups in total. The minimum absolute atomic E-state index is 0.132. The van der Waals surface area contributed by atoms with Crippen molar-refractivity contribution < 1.29 is 9.90 Å². The zero-order valence-electron chi connectivity index (χ0n) is 12.1. The van der Waals surface area contributed by atoms with Crippen molar-refractivity contribution in [2.75, 3.05) is 0 Å². The molecule has 0 unspecified atom stereocenters. The van der Waals surface area contributed by atoms with Gasteiger partial charge < -0.3 is 10.0 Å². The fourth-order valence-corrected chi connectivity index (χ4v) is 4.44. The van der Waals surface area contributed by atoms with Crippen molar-refractivity contribution in [3.8, 4) is 0 Å². The lowest BCUT2D eigenvalue weighted by Gasteiger charge is -2.42. The van der Waals surface area contributed by atoms with Crippen LogP contribution in [0.25, 0.3) is 0 Å². The summed E-state index contributed by atoms with van der Waals surface area (Å²) >= 11 is 5.14. The number of halogens is 1. The van der Waals surface area contributed by atoms with Crippen molar-refractivity contribution in [2.45, 2.75) is 64.0 Å². The highest BCUT2D eigenvalue weighted by molar-refractivity contribution is 9.11. The lowest BCUT2D eigenvalue weighted by atomic mass is 9.84. The van der Waals surface area contributed by atoms with Gasteiger partial charge in [-0.05, 0) is 62.4 Å². The van der Waals surface area contributed by atoms with Gasteiger partial charge in [0.25, 0.3) is 0 Å². The van der Waals surface area contributed by atoms with Crippen molar-refractivity contribution in [1.82, 2.24) is 9.88 Å². The molecule has 1 amide bonds. The maximum atomic E-state index is 11.5. The minimum Gasteiger partial charge on any atom is -0.465 e. The van der Waals surface area contributed by atoms with Crippen LogP contribution in [0.15, 0.2) is 9.98 Å². The second kappa shape index (κ2) is 6.02. The Hall–Kier alpha value is -0.620. The Morgan fingerprint density at radius 3 is 2.40 bits per heavy atom. The molecular formula is C14H21BrN2O2S. The van der Waals surface area contributed by atoms with E-state index >= 15 is 0 Å². The van der Waals surface area contributed by atoms with Crippen LogP contribution in [0.3, 0.4) is 0 Å². The molecule has 112 valence electrons. The molecule has 0 spiro atoms. The van der Waals surface area contributed by atoms with Gasteiger partial charge in [-0.25, -0.2) is 9.78 Å². The van der Waals surface area contributed by atoms with E-state index in [0.717, 1.165) is 29.5 Å². The summed E-state index contributed by atoms with van der Waals surface area (Å²) in [6.07, 6.45) is 4.93. The van der Waals surface area contributed by atoms with Crippen molar-refractivity contribution >= 4 is 33.4 Å². The first kappa shape index (κ1) is 15.8. The number of rotatable bonds is 2. The number of carbonyl (C=O) groups is 1. The Bertz CT molecular complexity index is 476. The van der Waals surface area contributed by atoms with Crippen LogP contribution in [0.5, 0.6) is 0 Å². The third-order valence-corrected chi connectivity index (χ3v) is 5.47. The van der Waals surface area contributed by atoms with E-state index in [1.807, 2.05) is 27.0 Å². The van der Waals surface area contributed by atoms with Crippen LogP contribution in [-0.4, -0.2) is 32.7 Å². The van der Waals surface area contributed by atoms with Crippen LogP contribution in [0.4, 0.5) is 4.79 Å². The normalized spacial score (nSPS) is 23.6. The summed E-state index contributed by atoms with van der Waals surface area (Å²) in [5.74, 6) is 0.484. The monoisotopic (exact) mass is 360 g/mol. The van der Waals surface area contributed by atoms with Gasteiger partial charge in [-0.3, -0.25) is 0 Å². The van der Waals surface area contributed by atoms with Gasteiger partial charge in [0.2, 0.25) is 0 Å². The molecule has 1 aliphatic rings. The molecule has 1 fully saturated rings. The molecule has 1 aromatic heterocycles. The predicted molar refractivity (Wildman–Crippen MR) is 84.4 cm³/mol.